The van der Waals surface area contributed by atoms with Crippen molar-refractivity contribution in [1.29, 1.82) is 0 Å². The van der Waals surface area contributed by atoms with Crippen molar-refractivity contribution in [3.63, 3.8) is 0 Å². The number of benzene rings is 4. The van der Waals surface area contributed by atoms with Crippen molar-refractivity contribution in [2.75, 3.05) is 0 Å². The van der Waals surface area contributed by atoms with Crippen molar-refractivity contribution in [3.05, 3.63) is 132 Å². The number of hydrogen-bond donors (Lipinski definition) is 0. The molecule has 2 saturated carbocycles. The number of nitrogens with zero attached hydrogens (tertiary/aromatic N) is 4. The Kier molecular flexibility index (Phi) is 9.89. The molecule has 0 unspecified atom stereocenters. The first-order valence-electron chi connectivity index (χ1n) is 19.2. The normalized spacial score (nSPS) is 15.6. The molecule has 2 fully saturated rings. The first-order chi connectivity index (χ1) is 25.4. The number of aromatic nitrogens is 4. The van der Waals surface area contributed by atoms with Gasteiger partial charge in [0.1, 0.15) is 5.82 Å². The maximum absolute atomic E-state index is 6.63. The standard InChI is InChI=1S/C47H46N4O.Pt/c1-47(2,3)35-27-28-48-43(29-35)50-41-24-13-12-23-39(41)40-26-25-38(31-42(40)50)52-37-22-14-21-36(30-37)51-46(34-19-8-5-9-20-34)44(32-15-6-4-7-16-32)45(49-51)33-17-10-11-18-33;/h4,6-7,12-16,21-29,33-34H,5,8-11,17-20H2,1-3H3;/q-2;+2. The van der Waals surface area contributed by atoms with Crippen LogP contribution in [0.1, 0.15) is 107 Å². The summed E-state index contributed by atoms with van der Waals surface area (Å²) in [4.78, 5) is 4.85. The van der Waals surface area contributed by atoms with E-state index in [1.807, 2.05) is 18.3 Å². The molecule has 4 aromatic carbocycles. The molecule has 53 heavy (non-hydrogen) atoms. The van der Waals surface area contributed by atoms with Gasteiger partial charge in [-0.1, -0.05) is 107 Å². The van der Waals surface area contributed by atoms with Gasteiger partial charge in [0.2, 0.25) is 0 Å². The summed E-state index contributed by atoms with van der Waals surface area (Å²) in [5.41, 5.74) is 9.45. The van der Waals surface area contributed by atoms with E-state index in [-0.39, 0.29) is 26.5 Å². The molecule has 3 aromatic heterocycles. The van der Waals surface area contributed by atoms with E-state index in [1.54, 1.807) is 0 Å². The van der Waals surface area contributed by atoms with Crippen molar-refractivity contribution in [1.82, 2.24) is 19.3 Å². The molecule has 0 atom stereocenters. The average Bonchev–Trinajstić information content (AvgIpc) is 3.92. The Morgan fingerprint density at radius 3 is 2.21 bits per heavy atom. The fraction of sp³-hybridized carbons (Fsp3) is 0.319. The van der Waals surface area contributed by atoms with Gasteiger partial charge in [0, 0.05) is 40.6 Å². The van der Waals surface area contributed by atoms with Crippen LogP contribution >= 0.6 is 0 Å². The molecule has 3 heterocycles. The van der Waals surface area contributed by atoms with Crippen molar-refractivity contribution >= 4 is 21.8 Å². The van der Waals surface area contributed by atoms with Gasteiger partial charge < -0.3 is 9.30 Å². The maximum atomic E-state index is 6.63. The van der Waals surface area contributed by atoms with Gasteiger partial charge in [0.05, 0.1) is 11.4 Å². The zero-order valence-corrected chi connectivity index (χ0v) is 33.1. The number of fused-ring (bicyclic) bond motifs is 3. The van der Waals surface area contributed by atoms with Crippen molar-refractivity contribution in [3.8, 4) is 34.1 Å². The molecule has 6 heteroatoms. The number of ether oxygens (including phenoxy) is 1. The Morgan fingerprint density at radius 1 is 0.698 bits per heavy atom. The van der Waals surface area contributed by atoms with Crippen LogP contribution in [0.25, 0.3) is 44.4 Å². The number of pyridine rings is 1. The third-order valence-corrected chi connectivity index (χ3v) is 11.3. The predicted molar refractivity (Wildman–Crippen MR) is 211 cm³/mol. The van der Waals surface area contributed by atoms with E-state index in [4.69, 9.17) is 14.8 Å². The summed E-state index contributed by atoms with van der Waals surface area (Å²) in [5.74, 6) is 3.12. The average molecular weight is 878 g/mol. The predicted octanol–water partition coefficient (Wildman–Crippen LogP) is 12.4. The minimum atomic E-state index is 0. The van der Waals surface area contributed by atoms with Crippen LogP contribution < -0.4 is 4.74 Å². The quantitative estimate of drug-likeness (QED) is 0.150. The van der Waals surface area contributed by atoms with E-state index in [9.17, 15) is 0 Å². The fourth-order valence-corrected chi connectivity index (χ4v) is 8.69. The minimum Gasteiger partial charge on any atom is -0.509 e. The van der Waals surface area contributed by atoms with Crippen LogP contribution in [0.4, 0.5) is 0 Å². The first kappa shape index (κ1) is 35.6. The molecular formula is C47H46N4OPt. The van der Waals surface area contributed by atoms with E-state index in [1.165, 1.54) is 85.9 Å². The number of rotatable bonds is 7. The Bertz CT molecular complexity index is 2370. The molecule has 0 spiro atoms. The summed E-state index contributed by atoms with van der Waals surface area (Å²) in [6, 6.07) is 41.5. The van der Waals surface area contributed by atoms with Gasteiger partial charge in [-0.2, -0.15) is 17.2 Å². The Balaban J connectivity index is 0.00000400. The molecule has 0 amide bonds. The van der Waals surface area contributed by atoms with Gasteiger partial charge >= 0.3 is 21.1 Å². The Hall–Kier alpha value is -4.47. The van der Waals surface area contributed by atoms with Gasteiger partial charge in [0.15, 0.2) is 0 Å². The van der Waals surface area contributed by atoms with Crippen molar-refractivity contribution in [2.45, 2.75) is 95.8 Å². The van der Waals surface area contributed by atoms with Crippen molar-refractivity contribution in [2.24, 2.45) is 0 Å². The van der Waals surface area contributed by atoms with E-state index in [0.29, 0.717) is 23.3 Å². The zero-order valence-electron chi connectivity index (χ0n) is 30.8. The van der Waals surface area contributed by atoms with Crippen LogP contribution in [0, 0.1) is 12.1 Å². The molecule has 0 N–H and O–H groups in total. The summed E-state index contributed by atoms with van der Waals surface area (Å²) in [5, 5.41) is 7.79. The molecule has 0 bridgehead atoms. The van der Waals surface area contributed by atoms with Crippen LogP contribution in [0.5, 0.6) is 11.5 Å². The third-order valence-electron chi connectivity index (χ3n) is 11.3. The largest absolute Gasteiger partial charge is 2.00 e. The minimum absolute atomic E-state index is 0. The van der Waals surface area contributed by atoms with Gasteiger partial charge in [0.25, 0.3) is 0 Å². The molecule has 9 rings (SSSR count). The second-order valence-electron chi connectivity index (χ2n) is 15.8. The third kappa shape index (κ3) is 6.78. The molecule has 2 aliphatic rings. The zero-order chi connectivity index (χ0) is 35.2. The van der Waals surface area contributed by atoms with Crippen LogP contribution in [0.15, 0.2) is 103 Å². The first-order valence-corrected chi connectivity index (χ1v) is 19.2. The van der Waals surface area contributed by atoms with Gasteiger partial charge in [-0.3, -0.25) is 4.68 Å². The molecule has 0 aliphatic heterocycles. The monoisotopic (exact) mass is 877 g/mol. The molecule has 0 radical (unpaired) electrons. The van der Waals surface area contributed by atoms with Crippen LogP contribution in [-0.2, 0) is 26.5 Å². The number of para-hydroxylation sites is 1. The van der Waals surface area contributed by atoms with Crippen LogP contribution in [-0.4, -0.2) is 19.3 Å². The van der Waals surface area contributed by atoms with Crippen LogP contribution in [0.3, 0.4) is 0 Å². The summed E-state index contributed by atoms with van der Waals surface area (Å²) in [6.45, 7) is 6.71. The Morgan fingerprint density at radius 2 is 1.42 bits per heavy atom. The molecule has 0 saturated heterocycles. The smallest absolute Gasteiger partial charge is 0.509 e. The molecule has 270 valence electrons. The van der Waals surface area contributed by atoms with E-state index < -0.39 is 0 Å². The number of hydrogen-bond acceptors (Lipinski definition) is 3. The molecule has 2 aliphatic carbocycles. The molecular weight excluding hydrogens is 832 g/mol. The Labute approximate surface area is 327 Å². The summed E-state index contributed by atoms with van der Waals surface area (Å²) >= 11 is 0. The van der Waals surface area contributed by atoms with Gasteiger partial charge in [-0.15, -0.1) is 35.7 Å². The summed E-state index contributed by atoms with van der Waals surface area (Å²) in [6.07, 6.45) is 13.1. The van der Waals surface area contributed by atoms with E-state index in [0.717, 1.165) is 33.3 Å². The molecule has 7 aromatic rings. The SMILES string of the molecule is CC(C)(C)c1ccnc(-n2c3[c-]c(Oc4[c-]c(-n5nc(C6CCCC6)c(-c6ccccc6)c5C5CCCCC5)ccc4)ccc3c3ccccc32)c1.[Pt+2]. The maximum Gasteiger partial charge on any atom is 2.00 e. The fourth-order valence-electron chi connectivity index (χ4n) is 8.69. The second-order valence-corrected chi connectivity index (χ2v) is 15.8. The topological polar surface area (TPSA) is 44.9 Å². The van der Waals surface area contributed by atoms with Crippen molar-refractivity contribution < 1.29 is 25.8 Å². The van der Waals surface area contributed by atoms with E-state index in [2.05, 4.69) is 127 Å². The van der Waals surface area contributed by atoms with Crippen LogP contribution in [0.2, 0.25) is 0 Å². The summed E-state index contributed by atoms with van der Waals surface area (Å²) in [7, 11) is 0. The van der Waals surface area contributed by atoms with E-state index >= 15 is 0 Å². The molecule has 5 nitrogen and oxygen atoms in total. The van der Waals surface area contributed by atoms with Gasteiger partial charge in [-0.25, -0.2) is 4.98 Å². The summed E-state index contributed by atoms with van der Waals surface area (Å²) < 4.78 is 11.1. The second kappa shape index (κ2) is 14.7. The van der Waals surface area contributed by atoms with Gasteiger partial charge in [-0.05, 0) is 71.5 Å².